The molecule has 0 radical (unpaired) electrons. The first kappa shape index (κ1) is 19.1. The summed E-state index contributed by atoms with van der Waals surface area (Å²) in [5.41, 5.74) is 2.04. The van der Waals surface area contributed by atoms with Crippen molar-refractivity contribution in [3.05, 3.63) is 58.9 Å². The highest BCUT2D eigenvalue weighted by atomic mass is 32.1. The summed E-state index contributed by atoms with van der Waals surface area (Å²) in [6.45, 7) is 3.94. The van der Waals surface area contributed by atoms with Crippen molar-refractivity contribution in [1.82, 2.24) is 14.7 Å². The van der Waals surface area contributed by atoms with E-state index in [9.17, 15) is 0 Å². The Morgan fingerprint density at radius 2 is 1.74 bits per heavy atom. The van der Waals surface area contributed by atoms with Gasteiger partial charge >= 0.3 is 0 Å². The fourth-order valence-electron chi connectivity index (χ4n) is 2.69. The minimum Gasteiger partial charge on any atom is -0.497 e. The smallest absolute Gasteiger partial charge is 0.288 e. The van der Waals surface area contributed by atoms with Crippen molar-refractivity contribution in [2.24, 2.45) is 0 Å². The van der Waals surface area contributed by atoms with Crippen molar-refractivity contribution in [3.8, 4) is 23.0 Å². The topological polar surface area (TPSA) is 52.7 Å². The number of nitrogens with zero attached hydrogens (tertiary/aromatic N) is 3. The lowest BCUT2D eigenvalue weighted by atomic mass is 10.2. The molecule has 0 spiro atoms. The molecule has 0 saturated heterocycles. The van der Waals surface area contributed by atoms with E-state index in [1.165, 1.54) is 5.56 Å². The molecule has 2 aromatic carbocycles. The largest absolute Gasteiger partial charge is 0.497 e. The molecule has 0 saturated carbocycles. The summed E-state index contributed by atoms with van der Waals surface area (Å²) >= 11 is 5.32. The van der Waals surface area contributed by atoms with Crippen LogP contribution in [0.1, 0.15) is 12.5 Å². The molecular formula is C20H23N3O3S. The molecule has 0 aliphatic carbocycles. The normalized spacial score (nSPS) is 11.0. The molecule has 0 unspecified atom stereocenters. The Kier molecular flexibility index (Phi) is 6.26. The molecule has 142 valence electrons. The standard InChI is InChI=1S/C20H23N3O3S/c1-4-25-18-9-5-15(6-10-18)13-22(2)14-23-20(27)26-19(21-23)16-7-11-17(24-3)12-8-16/h5-12H,4,13-14H2,1-3H3. The van der Waals surface area contributed by atoms with Gasteiger partial charge in [0.05, 0.1) is 20.4 Å². The molecule has 0 fully saturated rings. The zero-order valence-electron chi connectivity index (χ0n) is 15.7. The van der Waals surface area contributed by atoms with Gasteiger partial charge in [0.15, 0.2) is 0 Å². The van der Waals surface area contributed by atoms with Gasteiger partial charge in [-0.2, -0.15) is 0 Å². The van der Waals surface area contributed by atoms with Crippen LogP contribution in [0.3, 0.4) is 0 Å². The lowest BCUT2D eigenvalue weighted by molar-refractivity contribution is 0.240. The molecule has 0 bridgehead atoms. The van der Waals surface area contributed by atoms with Gasteiger partial charge < -0.3 is 13.9 Å². The van der Waals surface area contributed by atoms with Crippen LogP contribution in [0, 0.1) is 4.84 Å². The molecule has 1 heterocycles. The maximum absolute atomic E-state index is 5.65. The molecule has 0 N–H and O–H groups in total. The van der Waals surface area contributed by atoms with Crippen LogP contribution in [0.4, 0.5) is 0 Å². The van der Waals surface area contributed by atoms with Crippen LogP contribution >= 0.6 is 12.2 Å². The minimum absolute atomic E-state index is 0.347. The van der Waals surface area contributed by atoms with Crippen molar-refractivity contribution >= 4 is 12.2 Å². The fraction of sp³-hybridized carbons (Fsp3) is 0.300. The number of benzene rings is 2. The molecule has 3 aromatic rings. The second-order valence-electron chi connectivity index (χ2n) is 6.13. The molecule has 0 aliphatic heterocycles. The van der Waals surface area contributed by atoms with E-state index in [1.807, 2.05) is 50.4 Å². The summed E-state index contributed by atoms with van der Waals surface area (Å²) in [5.74, 6) is 2.16. The fourth-order valence-corrected chi connectivity index (χ4v) is 2.87. The maximum Gasteiger partial charge on any atom is 0.288 e. The summed E-state index contributed by atoms with van der Waals surface area (Å²) in [4.78, 5) is 2.46. The molecule has 0 aliphatic rings. The summed E-state index contributed by atoms with van der Waals surface area (Å²) in [6.07, 6.45) is 0. The highest BCUT2D eigenvalue weighted by Gasteiger charge is 2.10. The van der Waals surface area contributed by atoms with E-state index in [4.69, 9.17) is 26.1 Å². The lowest BCUT2D eigenvalue weighted by Crippen LogP contribution is -2.22. The Bertz CT molecular complexity index is 917. The van der Waals surface area contributed by atoms with Crippen LogP contribution in [0.2, 0.25) is 0 Å². The highest BCUT2D eigenvalue weighted by Crippen LogP contribution is 2.21. The Balaban J connectivity index is 1.66. The number of hydrogen-bond acceptors (Lipinski definition) is 6. The Hall–Kier alpha value is -2.64. The highest BCUT2D eigenvalue weighted by molar-refractivity contribution is 7.71. The number of aromatic nitrogens is 2. The lowest BCUT2D eigenvalue weighted by Gasteiger charge is -2.16. The third-order valence-electron chi connectivity index (χ3n) is 4.01. The van der Waals surface area contributed by atoms with Crippen LogP contribution in [0.25, 0.3) is 11.5 Å². The molecule has 0 amide bonds. The molecule has 7 heteroatoms. The van der Waals surface area contributed by atoms with Crippen molar-refractivity contribution in [1.29, 1.82) is 0 Å². The maximum atomic E-state index is 5.65. The first-order chi connectivity index (χ1) is 13.1. The Morgan fingerprint density at radius 3 is 2.37 bits per heavy atom. The van der Waals surface area contributed by atoms with Crippen molar-refractivity contribution in [2.45, 2.75) is 20.1 Å². The second kappa shape index (κ2) is 8.83. The number of rotatable bonds is 8. The van der Waals surface area contributed by atoms with Crippen molar-refractivity contribution in [3.63, 3.8) is 0 Å². The van der Waals surface area contributed by atoms with Gasteiger partial charge in [0.2, 0.25) is 5.89 Å². The van der Waals surface area contributed by atoms with Crippen molar-refractivity contribution in [2.75, 3.05) is 20.8 Å². The van der Waals surface area contributed by atoms with Crippen LogP contribution in [0.15, 0.2) is 52.9 Å². The van der Waals surface area contributed by atoms with E-state index < -0.39 is 0 Å². The molecule has 3 rings (SSSR count). The van der Waals surface area contributed by atoms with Crippen molar-refractivity contribution < 1.29 is 13.9 Å². The quantitative estimate of drug-likeness (QED) is 0.537. The van der Waals surface area contributed by atoms with Gasteiger partial charge in [0.1, 0.15) is 11.5 Å². The summed E-state index contributed by atoms with van der Waals surface area (Å²) in [5, 5.41) is 4.50. The van der Waals surface area contributed by atoms with Gasteiger partial charge in [-0.15, -0.1) is 5.10 Å². The molecule has 1 aromatic heterocycles. The first-order valence-electron chi connectivity index (χ1n) is 8.71. The summed E-state index contributed by atoms with van der Waals surface area (Å²) in [7, 11) is 3.65. The molecule has 6 nitrogen and oxygen atoms in total. The van der Waals surface area contributed by atoms with E-state index in [2.05, 4.69) is 22.1 Å². The zero-order valence-corrected chi connectivity index (χ0v) is 16.5. The molecule has 0 atom stereocenters. The zero-order chi connectivity index (χ0) is 19.2. The van der Waals surface area contributed by atoms with Gasteiger partial charge in [-0.3, -0.25) is 4.90 Å². The van der Waals surface area contributed by atoms with E-state index in [1.54, 1.807) is 11.8 Å². The third kappa shape index (κ3) is 4.96. The van der Waals surface area contributed by atoms with Gasteiger partial charge in [0.25, 0.3) is 4.84 Å². The van der Waals surface area contributed by atoms with E-state index in [0.717, 1.165) is 23.6 Å². The van der Waals surface area contributed by atoms with Gasteiger partial charge in [-0.25, -0.2) is 4.68 Å². The number of methoxy groups -OCH3 is 1. The Morgan fingerprint density at radius 1 is 1.07 bits per heavy atom. The van der Waals surface area contributed by atoms with Gasteiger partial charge in [-0.1, -0.05) is 12.1 Å². The molecule has 27 heavy (non-hydrogen) atoms. The van der Waals surface area contributed by atoms with Crippen LogP contribution in [-0.2, 0) is 13.2 Å². The van der Waals surface area contributed by atoms with Crippen LogP contribution in [-0.4, -0.2) is 35.4 Å². The predicted octanol–water partition coefficient (Wildman–Crippen LogP) is 4.37. The first-order valence-corrected chi connectivity index (χ1v) is 9.12. The van der Waals surface area contributed by atoms with E-state index >= 15 is 0 Å². The number of ether oxygens (including phenoxy) is 2. The molecular weight excluding hydrogens is 362 g/mol. The van der Waals surface area contributed by atoms with Crippen LogP contribution < -0.4 is 9.47 Å². The van der Waals surface area contributed by atoms with Crippen LogP contribution in [0.5, 0.6) is 11.5 Å². The van der Waals surface area contributed by atoms with Gasteiger partial charge in [0, 0.05) is 12.1 Å². The summed E-state index contributed by atoms with van der Waals surface area (Å²) < 4.78 is 18.0. The minimum atomic E-state index is 0.347. The van der Waals surface area contributed by atoms with E-state index in [-0.39, 0.29) is 0 Å². The third-order valence-corrected chi connectivity index (χ3v) is 4.30. The number of hydrogen-bond donors (Lipinski definition) is 0. The van der Waals surface area contributed by atoms with E-state index in [0.29, 0.717) is 24.0 Å². The average Bonchev–Trinajstić information content (AvgIpc) is 3.04. The second-order valence-corrected chi connectivity index (χ2v) is 6.48. The Labute approximate surface area is 163 Å². The average molecular weight is 385 g/mol. The monoisotopic (exact) mass is 385 g/mol. The predicted molar refractivity (Wildman–Crippen MR) is 106 cm³/mol. The van der Waals surface area contributed by atoms with Gasteiger partial charge in [-0.05, 0) is 68.2 Å². The SMILES string of the molecule is CCOc1ccc(CN(C)Cn2nc(-c3ccc(OC)cc3)oc2=S)cc1. The summed E-state index contributed by atoms with van der Waals surface area (Å²) in [6, 6.07) is 15.6.